The summed E-state index contributed by atoms with van der Waals surface area (Å²) in [6.45, 7) is 5.53. The maximum absolute atomic E-state index is 12.6. The number of carbonyl (C=O) groups excluding carboxylic acids is 2. The van der Waals surface area contributed by atoms with Crippen LogP contribution in [-0.2, 0) is 4.79 Å². The van der Waals surface area contributed by atoms with Crippen molar-refractivity contribution in [3.63, 3.8) is 0 Å². The molecule has 1 saturated heterocycles. The number of para-hydroxylation sites is 1. The molecule has 0 spiro atoms. The maximum Gasteiger partial charge on any atom is 0.255 e. The summed E-state index contributed by atoms with van der Waals surface area (Å²) in [4.78, 5) is 26.2. The van der Waals surface area contributed by atoms with Crippen molar-refractivity contribution in [1.29, 1.82) is 0 Å². The molecular formula is C17H23N3O2S. The van der Waals surface area contributed by atoms with E-state index in [-0.39, 0.29) is 22.8 Å². The van der Waals surface area contributed by atoms with Crippen molar-refractivity contribution >= 4 is 34.8 Å². The van der Waals surface area contributed by atoms with Gasteiger partial charge in [0.15, 0.2) is 5.11 Å². The molecule has 0 radical (unpaired) electrons. The van der Waals surface area contributed by atoms with Crippen LogP contribution in [0.4, 0.5) is 5.69 Å². The Morgan fingerprint density at radius 2 is 1.87 bits per heavy atom. The van der Waals surface area contributed by atoms with Crippen molar-refractivity contribution in [3.8, 4) is 0 Å². The van der Waals surface area contributed by atoms with Gasteiger partial charge in [0.2, 0.25) is 5.91 Å². The van der Waals surface area contributed by atoms with Crippen LogP contribution >= 0.6 is 12.2 Å². The van der Waals surface area contributed by atoms with E-state index in [1.165, 1.54) is 0 Å². The monoisotopic (exact) mass is 333 g/mol. The summed E-state index contributed by atoms with van der Waals surface area (Å²) in [5, 5.41) is 5.84. The molecule has 23 heavy (non-hydrogen) atoms. The highest BCUT2D eigenvalue weighted by atomic mass is 32.1. The van der Waals surface area contributed by atoms with Gasteiger partial charge in [0.25, 0.3) is 5.91 Å². The Labute approximate surface area is 142 Å². The van der Waals surface area contributed by atoms with Gasteiger partial charge in [-0.15, -0.1) is 0 Å². The number of carbonyl (C=O) groups is 2. The highest BCUT2D eigenvalue weighted by molar-refractivity contribution is 7.80. The zero-order chi connectivity index (χ0) is 16.8. The lowest BCUT2D eigenvalue weighted by Crippen LogP contribution is -2.35. The smallest absolute Gasteiger partial charge is 0.255 e. The predicted octanol–water partition coefficient (Wildman–Crippen LogP) is 2.78. The van der Waals surface area contributed by atoms with E-state index in [1.807, 2.05) is 30.9 Å². The summed E-state index contributed by atoms with van der Waals surface area (Å²) in [6.07, 6.45) is 2.51. The van der Waals surface area contributed by atoms with Crippen LogP contribution in [-0.4, -0.2) is 34.9 Å². The Bertz CT molecular complexity index is 595. The van der Waals surface area contributed by atoms with Gasteiger partial charge in [0.1, 0.15) is 0 Å². The maximum atomic E-state index is 12.6. The number of nitrogens with zero attached hydrogens (tertiary/aromatic N) is 1. The Morgan fingerprint density at radius 3 is 2.52 bits per heavy atom. The fourth-order valence-electron chi connectivity index (χ4n) is 2.57. The summed E-state index contributed by atoms with van der Waals surface area (Å²) in [5.41, 5.74) is 1.20. The molecule has 0 saturated carbocycles. The molecule has 0 bridgehead atoms. The van der Waals surface area contributed by atoms with Crippen LogP contribution in [0.25, 0.3) is 0 Å². The van der Waals surface area contributed by atoms with Crippen LogP contribution in [0.2, 0.25) is 0 Å². The van der Waals surface area contributed by atoms with Gasteiger partial charge in [0, 0.05) is 19.5 Å². The summed E-state index contributed by atoms with van der Waals surface area (Å²) < 4.78 is 0. The number of hydrogen-bond donors (Lipinski definition) is 2. The summed E-state index contributed by atoms with van der Waals surface area (Å²) in [5.74, 6) is 0.143. The van der Waals surface area contributed by atoms with Crippen molar-refractivity contribution in [2.75, 3.05) is 18.4 Å². The number of thiocarbonyl (C=S) groups is 1. The van der Waals surface area contributed by atoms with E-state index in [9.17, 15) is 9.59 Å². The molecule has 5 nitrogen and oxygen atoms in total. The van der Waals surface area contributed by atoms with Crippen LogP contribution < -0.4 is 10.6 Å². The third kappa shape index (κ3) is 5.03. The SMILES string of the molecule is CC(C)CC(=O)NC(=S)Nc1ccccc1C(=O)N1CCCC1. The van der Waals surface area contributed by atoms with E-state index >= 15 is 0 Å². The summed E-state index contributed by atoms with van der Waals surface area (Å²) in [6, 6.07) is 7.24. The normalized spacial score (nSPS) is 14.0. The van der Waals surface area contributed by atoms with Crippen molar-refractivity contribution in [2.24, 2.45) is 5.92 Å². The van der Waals surface area contributed by atoms with Gasteiger partial charge in [-0.1, -0.05) is 26.0 Å². The van der Waals surface area contributed by atoms with E-state index < -0.39 is 0 Å². The molecule has 0 atom stereocenters. The molecule has 1 aliphatic heterocycles. The first-order valence-electron chi connectivity index (χ1n) is 7.96. The van der Waals surface area contributed by atoms with Crippen LogP contribution in [0.15, 0.2) is 24.3 Å². The molecular weight excluding hydrogens is 310 g/mol. The van der Waals surface area contributed by atoms with E-state index in [0.29, 0.717) is 17.7 Å². The molecule has 2 rings (SSSR count). The number of likely N-dealkylation sites (tertiary alicyclic amines) is 1. The van der Waals surface area contributed by atoms with E-state index in [4.69, 9.17) is 12.2 Å². The minimum atomic E-state index is -0.124. The molecule has 6 heteroatoms. The average Bonchev–Trinajstić information content (AvgIpc) is 3.00. The van der Waals surface area contributed by atoms with Crippen molar-refractivity contribution in [3.05, 3.63) is 29.8 Å². The van der Waals surface area contributed by atoms with Gasteiger partial charge in [-0.3, -0.25) is 9.59 Å². The molecule has 1 aromatic rings. The molecule has 0 aromatic heterocycles. The topological polar surface area (TPSA) is 61.4 Å². The van der Waals surface area contributed by atoms with Gasteiger partial charge < -0.3 is 15.5 Å². The minimum absolute atomic E-state index is 0.00177. The summed E-state index contributed by atoms with van der Waals surface area (Å²) >= 11 is 5.18. The Balaban J connectivity index is 2.03. The molecule has 2 N–H and O–H groups in total. The third-order valence-electron chi connectivity index (χ3n) is 3.65. The molecule has 1 aromatic carbocycles. The highest BCUT2D eigenvalue weighted by Crippen LogP contribution is 2.20. The number of nitrogens with one attached hydrogen (secondary N) is 2. The Kier molecular flexibility index (Phi) is 6.10. The molecule has 1 aliphatic rings. The number of benzene rings is 1. The molecule has 0 aliphatic carbocycles. The zero-order valence-electron chi connectivity index (χ0n) is 13.6. The van der Waals surface area contributed by atoms with Gasteiger partial charge in [-0.05, 0) is 43.1 Å². The lowest BCUT2D eigenvalue weighted by molar-refractivity contribution is -0.120. The van der Waals surface area contributed by atoms with Gasteiger partial charge in [0.05, 0.1) is 11.3 Å². The van der Waals surface area contributed by atoms with Crippen molar-refractivity contribution in [1.82, 2.24) is 10.2 Å². The quantitative estimate of drug-likeness (QED) is 0.832. The number of amides is 2. The van der Waals surface area contributed by atoms with Crippen LogP contribution in [0.3, 0.4) is 0 Å². The molecule has 0 unspecified atom stereocenters. The highest BCUT2D eigenvalue weighted by Gasteiger charge is 2.22. The second-order valence-electron chi connectivity index (χ2n) is 6.15. The first-order chi connectivity index (χ1) is 11.0. The molecule has 124 valence electrons. The lowest BCUT2D eigenvalue weighted by Gasteiger charge is -2.18. The Morgan fingerprint density at radius 1 is 1.22 bits per heavy atom. The number of hydrogen-bond acceptors (Lipinski definition) is 3. The first-order valence-corrected chi connectivity index (χ1v) is 8.37. The standard InChI is InChI=1S/C17H23N3O2S/c1-12(2)11-15(21)19-17(23)18-14-8-4-3-7-13(14)16(22)20-9-5-6-10-20/h3-4,7-8,12H,5-6,9-11H2,1-2H3,(H2,18,19,21,23). The summed E-state index contributed by atoms with van der Waals surface area (Å²) in [7, 11) is 0. The number of rotatable bonds is 4. The fraction of sp³-hybridized carbons (Fsp3) is 0.471. The van der Waals surface area contributed by atoms with Crippen molar-refractivity contribution < 1.29 is 9.59 Å². The fourth-order valence-corrected chi connectivity index (χ4v) is 2.79. The Hall–Kier alpha value is -1.95. The predicted molar refractivity (Wildman–Crippen MR) is 95.4 cm³/mol. The van der Waals surface area contributed by atoms with E-state index in [2.05, 4.69) is 10.6 Å². The molecule has 2 amide bonds. The van der Waals surface area contributed by atoms with Gasteiger partial charge >= 0.3 is 0 Å². The average molecular weight is 333 g/mol. The van der Waals surface area contributed by atoms with E-state index in [1.54, 1.807) is 12.1 Å². The van der Waals surface area contributed by atoms with E-state index in [0.717, 1.165) is 25.9 Å². The van der Waals surface area contributed by atoms with Crippen LogP contribution in [0, 0.1) is 5.92 Å². The van der Waals surface area contributed by atoms with Crippen LogP contribution in [0.5, 0.6) is 0 Å². The second-order valence-corrected chi connectivity index (χ2v) is 6.55. The minimum Gasteiger partial charge on any atom is -0.339 e. The third-order valence-corrected chi connectivity index (χ3v) is 3.85. The zero-order valence-corrected chi connectivity index (χ0v) is 14.4. The lowest BCUT2D eigenvalue weighted by atomic mass is 10.1. The largest absolute Gasteiger partial charge is 0.339 e. The second kappa shape index (κ2) is 8.06. The van der Waals surface area contributed by atoms with Gasteiger partial charge in [-0.25, -0.2) is 0 Å². The first kappa shape index (κ1) is 17.4. The number of anilines is 1. The molecule has 1 heterocycles. The van der Waals surface area contributed by atoms with Crippen molar-refractivity contribution in [2.45, 2.75) is 33.1 Å². The molecule has 1 fully saturated rings. The van der Waals surface area contributed by atoms with Crippen LogP contribution in [0.1, 0.15) is 43.5 Å². The van der Waals surface area contributed by atoms with Gasteiger partial charge in [-0.2, -0.15) is 0 Å².